The molecule has 2 aromatic heterocycles. The Morgan fingerprint density at radius 1 is 1.13 bits per heavy atom. The SMILES string of the molecule is CCNC(=NCC1CCN(Cc2cccs2)CC1)N1CCN(Cc2ccon2)CC1.I. The second-order valence-corrected chi connectivity index (χ2v) is 9.28. The fourth-order valence-electron chi connectivity index (χ4n) is 4.26. The van der Waals surface area contributed by atoms with Crippen molar-refractivity contribution in [1.82, 2.24) is 25.2 Å². The van der Waals surface area contributed by atoms with E-state index >= 15 is 0 Å². The molecule has 4 rings (SSSR count). The van der Waals surface area contributed by atoms with Gasteiger partial charge in [-0.05, 0) is 50.2 Å². The monoisotopic (exact) mass is 558 g/mol. The van der Waals surface area contributed by atoms with Crippen molar-refractivity contribution < 1.29 is 4.52 Å². The van der Waals surface area contributed by atoms with Gasteiger partial charge in [-0.1, -0.05) is 11.2 Å². The summed E-state index contributed by atoms with van der Waals surface area (Å²) >= 11 is 1.86. The highest BCUT2D eigenvalue weighted by Gasteiger charge is 2.22. The number of guanidine groups is 1. The summed E-state index contributed by atoms with van der Waals surface area (Å²) in [5, 5.41) is 9.72. The van der Waals surface area contributed by atoms with Crippen molar-refractivity contribution in [3.8, 4) is 0 Å². The van der Waals surface area contributed by atoms with Crippen LogP contribution in [-0.4, -0.2) is 78.2 Å². The van der Waals surface area contributed by atoms with Crippen LogP contribution in [0.4, 0.5) is 0 Å². The number of hydrogen-bond acceptors (Lipinski definition) is 6. The molecule has 0 atom stereocenters. The number of piperazine rings is 1. The lowest BCUT2D eigenvalue weighted by atomic mass is 9.97. The number of rotatable bonds is 7. The Morgan fingerprint density at radius 3 is 2.55 bits per heavy atom. The summed E-state index contributed by atoms with van der Waals surface area (Å²) in [6, 6.07) is 6.34. The van der Waals surface area contributed by atoms with Gasteiger partial charge in [0.25, 0.3) is 0 Å². The minimum absolute atomic E-state index is 0. The van der Waals surface area contributed by atoms with Crippen molar-refractivity contribution in [2.24, 2.45) is 10.9 Å². The van der Waals surface area contributed by atoms with Crippen molar-refractivity contribution in [2.45, 2.75) is 32.9 Å². The maximum absolute atomic E-state index is 5.03. The highest BCUT2D eigenvalue weighted by molar-refractivity contribution is 14.0. The maximum atomic E-state index is 5.03. The van der Waals surface area contributed by atoms with Gasteiger partial charge in [0.15, 0.2) is 5.96 Å². The number of hydrogen-bond donors (Lipinski definition) is 1. The van der Waals surface area contributed by atoms with Crippen LogP contribution in [0.5, 0.6) is 0 Å². The lowest BCUT2D eigenvalue weighted by Crippen LogP contribution is -2.52. The number of likely N-dealkylation sites (tertiary alicyclic amines) is 1. The van der Waals surface area contributed by atoms with Gasteiger partial charge in [0.1, 0.15) is 6.26 Å². The highest BCUT2D eigenvalue weighted by Crippen LogP contribution is 2.21. The Labute approximate surface area is 206 Å². The van der Waals surface area contributed by atoms with Crippen molar-refractivity contribution >= 4 is 41.3 Å². The third-order valence-electron chi connectivity index (χ3n) is 6.05. The summed E-state index contributed by atoms with van der Waals surface area (Å²) in [5.41, 5.74) is 1.01. The van der Waals surface area contributed by atoms with Crippen molar-refractivity contribution in [3.63, 3.8) is 0 Å². The van der Waals surface area contributed by atoms with Crippen molar-refractivity contribution in [2.75, 3.05) is 52.4 Å². The van der Waals surface area contributed by atoms with Gasteiger partial charge in [-0.3, -0.25) is 14.8 Å². The van der Waals surface area contributed by atoms with Gasteiger partial charge in [-0.2, -0.15) is 0 Å². The molecule has 7 nitrogen and oxygen atoms in total. The first kappa shape index (κ1) is 24.5. The molecule has 2 aliphatic rings. The Morgan fingerprint density at radius 2 is 1.90 bits per heavy atom. The molecule has 0 amide bonds. The quantitative estimate of drug-likeness (QED) is 0.320. The van der Waals surface area contributed by atoms with Gasteiger partial charge in [0, 0.05) is 63.3 Å². The van der Waals surface area contributed by atoms with E-state index < -0.39 is 0 Å². The molecule has 1 N–H and O–H groups in total. The van der Waals surface area contributed by atoms with Gasteiger partial charge >= 0.3 is 0 Å². The fourth-order valence-corrected chi connectivity index (χ4v) is 5.00. The van der Waals surface area contributed by atoms with Gasteiger partial charge in [0.2, 0.25) is 0 Å². The molecule has 0 spiro atoms. The van der Waals surface area contributed by atoms with Gasteiger partial charge in [-0.15, -0.1) is 35.3 Å². The number of piperidine rings is 1. The van der Waals surface area contributed by atoms with Crippen LogP contribution in [0.25, 0.3) is 0 Å². The van der Waals surface area contributed by atoms with E-state index in [9.17, 15) is 0 Å². The number of aromatic nitrogens is 1. The zero-order chi connectivity index (χ0) is 20.6. The summed E-state index contributed by atoms with van der Waals surface area (Å²) in [5.74, 6) is 1.78. The van der Waals surface area contributed by atoms with Gasteiger partial charge in [0.05, 0.1) is 5.69 Å². The lowest BCUT2D eigenvalue weighted by molar-refractivity contribution is 0.167. The molecule has 0 bridgehead atoms. The van der Waals surface area contributed by atoms with E-state index in [0.29, 0.717) is 5.92 Å². The van der Waals surface area contributed by atoms with Crippen LogP contribution in [0.2, 0.25) is 0 Å². The molecule has 2 aromatic rings. The van der Waals surface area contributed by atoms with E-state index in [2.05, 4.69) is 49.6 Å². The largest absolute Gasteiger partial charge is 0.364 e. The Kier molecular flexibility index (Phi) is 10.1. The van der Waals surface area contributed by atoms with Crippen LogP contribution in [0, 0.1) is 5.92 Å². The summed E-state index contributed by atoms with van der Waals surface area (Å²) in [6.07, 6.45) is 4.15. The number of nitrogens with zero attached hydrogens (tertiary/aromatic N) is 5. The predicted octanol–water partition coefficient (Wildman–Crippen LogP) is 3.35. The molecule has 0 radical (unpaired) electrons. The molecule has 172 valence electrons. The summed E-state index contributed by atoms with van der Waals surface area (Å²) in [7, 11) is 0. The van der Waals surface area contributed by atoms with E-state index in [4.69, 9.17) is 9.52 Å². The van der Waals surface area contributed by atoms with E-state index in [0.717, 1.165) is 64.0 Å². The van der Waals surface area contributed by atoms with Gasteiger partial charge in [-0.25, -0.2) is 0 Å². The van der Waals surface area contributed by atoms with Crippen molar-refractivity contribution in [1.29, 1.82) is 0 Å². The number of aliphatic imine (C=N–C) groups is 1. The maximum Gasteiger partial charge on any atom is 0.194 e. The second kappa shape index (κ2) is 12.8. The molecule has 0 aromatic carbocycles. The molecule has 2 fully saturated rings. The number of halogens is 1. The zero-order valence-corrected chi connectivity index (χ0v) is 21.6. The van der Waals surface area contributed by atoms with Crippen LogP contribution in [0.3, 0.4) is 0 Å². The molecular formula is C22H35IN6OS. The molecule has 0 saturated carbocycles. The Bertz CT molecular complexity index is 753. The van der Waals surface area contributed by atoms with Crippen LogP contribution in [0.1, 0.15) is 30.3 Å². The van der Waals surface area contributed by atoms with Crippen LogP contribution in [-0.2, 0) is 13.1 Å². The molecule has 2 saturated heterocycles. The smallest absolute Gasteiger partial charge is 0.194 e. The fraction of sp³-hybridized carbons (Fsp3) is 0.636. The molecule has 4 heterocycles. The molecule has 2 aliphatic heterocycles. The standard InChI is InChI=1S/C22H34N6OS.HI/c1-2-23-22(28-12-10-27(11-13-28)17-20-7-14-29-25-20)24-16-19-5-8-26(9-6-19)18-21-4-3-15-30-21;/h3-4,7,14-15,19H,2,5-6,8-13,16-18H2,1H3,(H,23,24);1H. The molecular weight excluding hydrogens is 523 g/mol. The van der Waals surface area contributed by atoms with Gasteiger partial charge < -0.3 is 14.7 Å². The second-order valence-electron chi connectivity index (χ2n) is 8.25. The lowest BCUT2D eigenvalue weighted by Gasteiger charge is -2.36. The number of nitrogens with one attached hydrogen (secondary N) is 1. The summed E-state index contributed by atoms with van der Waals surface area (Å²) in [6.45, 7) is 12.4. The van der Waals surface area contributed by atoms with E-state index in [1.165, 1.54) is 30.8 Å². The summed E-state index contributed by atoms with van der Waals surface area (Å²) in [4.78, 5) is 13.9. The Balaban J connectivity index is 0.00000272. The minimum Gasteiger partial charge on any atom is -0.364 e. The zero-order valence-electron chi connectivity index (χ0n) is 18.4. The average molecular weight is 559 g/mol. The van der Waals surface area contributed by atoms with E-state index in [1.807, 2.05) is 17.4 Å². The van der Waals surface area contributed by atoms with E-state index in [-0.39, 0.29) is 24.0 Å². The first-order valence-corrected chi connectivity index (χ1v) is 12.1. The average Bonchev–Trinajstić information content (AvgIpc) is 3.47. The van der Waals surface area contributed by atoms with Crippen LogP contribution >= 0.6 is 35.3 Å². The summed E-state index contributed by atoms with van der Waals surface area (Å²) < 4.78 is 4.95. The highest BCUT2D eigenvalue weighted by atomic mass is 127. The molecule has 9 heteroatoms. The topological polar surface area (TPSA) is 60.1 Å². The van der Waals surface area contributed by atoms with Crippen LogP contribution < -0.4 is 5.32 Å². The van der Waals surface area contributed by atoms with E-state index in [1.54, 1.807) is 6.26 Å². The number of thiophene rings is 1. The molecule has 31 heavy (non-hydrogen) atoms. The Hall–Kier alpha value is -1.17. The third kappa shape index (κ3) is 7.44. The first-order chi connectivity index (χ1) is 14.8. The minimum atomic E-state index is 0. The van der Waals surface area contributed by atoms with Crippen LogP contribution in [0.15, 0.2) is 39.4 Å². The predicted molar refractivity (Wildman–Crippen MR) is 137 cm³/mol. The molecule has 0 aliphatic carbocycles. The van der Waals surface area contributed by atoms with Crippen molar-refractivity contribution in [3.05, 3.63) is 40.4 Å². The first-order valence-electron chi connectivity index (χ1n) is 11.2. The normalized spacial score (nSPS) is 19.4. The molecule has 0 unspecified atom stereocenters. The third-order valence-corrected chi connectivity index (χ3v) is 6.91.